The summed E-state index contributed by atoms with van der Waals surface area (Å²) in [6, 6.07) is 0. The quantitative estimate of drug-likeness (QED) is 0.699. The normalized spacial score (nSPS) is 26.4. The van der Waals surface area contributed by atoms with Gasteiger partial charge in [0.2, 0.25) is 10.0 Å². The van der Waals surface area contributed by atoms with Crippen LogP contribution in [0.25, 0.3) is 0 Å². The summed E-state index contributed by atoms with van der Waals surface area (Å²) in [7, 11) is -3.03. The number of piperazine rings is 1. The molecule has 2 saturated heterocycles. The average Bonchev–Trinajstić information content (AvgIpc) is 2.39. The number of alkyl halides is 1. The van der Waals surface area contributed by atoms with Gasteiger partial charge in [-0.25, -0.2) is 8.42 Å². The minimum Gasteiger partial charge on any atom is -0.381 e. The molecule has 0 aliphatic carbocycles. The van der Waals surface area contributed by atoms with Gasteiger partial charge in [0.25, 0.3) is 0 Å². The average molecular weight is 355 g/mol. The van der Waals surface area contributed by atoms with Crippen molar-refractivity contribution in [3.8, 4) is 0 Å². The highest BCUT2D eigenvalue weighted by Gasteiger charge is 2.35. The van der Waals surface area contributed by atoms with E-state index in [0.717, 1.165) is 51.0 Å². The maximum atomic E-state index is 11.5. The smallest absolute Gasteiger partial charge is 0.211 e. The standard InChI is InChI=1S/C12H23BrN2O3S/c1-19(16,17)15-6-4-14(5-7-15)11-12(10-13)2-8-18-9-3-12/h2-11H2,1H3. The van der Waals surface area contributed by atoms with Crippen LogP contribution < -0.4 is 0 Å². The van der Waals surface area contributed by atoms with Crippen LogP contribution in [0.5, 0.6) is 0 Å². The van der Waals surface area contributed by atoms with Crippen molar-refractivity contribution in [3.05, 3.63) is 0 Å². The Morgan fingerprint density at radius 1 is 1.16 bits per heavy atom. The Kier molecular flexibility index (Phi) is 5.28. The fourth-order valence-electron chi connectivity index (χ4n) is 2.83. The lowest BCUT2D eigenvalue weighted by atomic mass is 9.81. The predicted octanol–water partition coefficient (Wildman–Crippen LogP) is 0.755. The van der Waals surface area contributed by atoms with E-state index in [1.54, 1.807) is 4.31 Å². The SMILES string of the molecule is CS(=O)(=O)N1CCN(CC2(CBr)CCOCC2)CC1. The van der Waals surface area contributed by atoms with E-state index in [1.807, 2.05) is 0 Å². The molecule has 0 aromatic rings. The molecule has 2 rings (SSSR count). The van der Waals surface area contributed by atoms with Crippen LogP contribution in [0.15, 0.2) is 0 Å². The highest BCUT2D eigenvalue weighted by atomic mass is 79.9. The topological polar surface area (TPSA) is 49.9 Å². The molecule has 7 heteroatoms. The molecule has 112 valence electrons. The van der Waals surface area contributed by atoms with Crippen molar-refractivity contribution in [1.82, 2.24) is 9.21 Å². The van der Waals surface area contributed by atoms with E-state index in [9.17, 15) is 8.42 Å². The second-order valence-electron chi connectivity index (χ2n) is 5.68. The van der Waals surface area contributed by atoms with Gasteiger partial charge in [0, 0.05) is 51.3 Å². The molecule has 2 fully saturated rings. The number of hydrogen-bond donors (Lipinski definition) is 0. The van der Waals surface area contributed by atoms with Gasteiger partial charge in [-0.3, -0.25) is 0 Å². The first-order valence-corrected chi connectivity index (χ1v) is 9.73. The van der Waals surface area contributed by atoms with Gasteiger partial charge >= 0.3 is 0 Å². The third-order valence-corrected chi connectivity index (χ3v) is 6.69. The Labute approximate surface area is 124 Å². The summed E-state index contributed by atoms with van der Waals surface area (Å²) in [5.41, 5.74) is 0.297. The maximum Gasteiger partial charge on any atom is 0.211 e. The zero-order valence-electron chi connectivity index (χ0n) is 11.5. The Bertz CT molecular complexity index is 388. The van der Waals surface area contributed by atoms with Crippen molar-refractivity contribution in [2.24, 2.45) is 5.41 Å². The molecule has 5 nitrogen and oxygen atoms in total. The van der Waals surface area contributed by atoms with Crippen LogP contribution in [-0.4, -0.2) is 75.1 Å². The van der Waals surface area contributed by atoms with E-state index >= 15 is 0 Å². The van der Waals surface area contributed by atoms with Crippen molar-refractivity contribution >= 4 is 26.0 Å². The van der Waals surface area contributed by atoms with Crippen LogP contribution in [0.3, 0.4) is 0 Å². The van der Waals surface area contributed by atoms with Gasteiger partial charge in [0.1, 0.15) is 0 Å². The molecule has 0 N–H and O–H groups in total. The van der Waals surface area contributed by atoms with E-state index in [2.05, 4.69) is 20.8 Å². The van der Waals surface area contributed by atoms with Crippen LogP contribution in [0, 0.1) is 5.41 Å². The van der Waals surface area contributed by atoms with Gasteiger partial charge in [-0.15, -0.1) is 0 Å². The lowest BCUT2D eigenvalue weighted by Gasteiger charge is -2.42. The zero-order valence-corrected chi connectivity index (χ0v) is 13.9. The predicted molar refractivity (Wildman–Crippen MR) is 79.1 cm³/mol. The minimum atomic E-state index is -3.03. The molecule has 2 aliphatic rings. The van der Waals surface area contributed by atoms with Crippen LogP contribution in [0.1, 0.15) is 12.8 Å². The Morgan fingerprint density at radius 3 is 2.21 bits per heavy atom. The third kappa shape index (κ3) is 4.14. The lowest BCUT2D eigenvalue weighted by Crippen LogP contribution is -2.52. The number of halogens is 1. The number of ether oxygens (including phenoxy) is 1. The van der Waals surface area contributed by atoms with E-state index < -0.39 is 10.0 Å². The summed E-state index contributed by atoms with van der Waals surface area (Å²) in [6.07, 6.45) is 3.47. The number of nitrogens with zero attached hydrogens (tertiary/aromatic N) is 2. The van der Waals surface area contributed by atoms with Gasteiger partial charge in [-0.05, 0) is 18.3 Å². The largest absolute Gasteiger partial charge is 0.381 e. The molecule has 2 heterocycles. The summed E-state index contributed by atoms with van der Waals surface area (Å²) in [5.74, 6) is 0. The van der Waals surface area contributed by atoms with Crippen molar-refractivity contribution < 1.29 is 13.2 Å². The first kappa shape index (κ1) is 15.7. The minimum absolute atomic E-state index is 0.297. The molecule has 0 unspecified atom stereocenters. The summed E-state index contributed by atoms with van der Waals surface area (Å²) in [5, 5.41) is 0.996. The molecule has 0 aromatic heterocycles. The van der Waals surface area contributed by atoms with E-state index in [0.29, 0.717) is 18.5 Å². The first-order valence-electron chi connectivity index (χ1n) is 6.76. The highest BCUT2D eigenvalue weighted by molar-refractivity contribution is 9.09. The van der Waals surface area contributed by atoms with Crippen LogP contribution in [0.4, 0.5) is 0 Å². The first-order chi connectivity index (χ1) is 8.95. The summed E-state index contributed by atoms with van der Waals surface area (Å²) >= 11 is 3.65. The van der Waals surface area contributed by atoms with Gasteiger partial charge in [0.15, 0.2) is 0 Å². The van der Waals surface area contributed by atoms with Crippen LogP contribution in [0.2, 0.25) is 0 Å². The van der Waals surface area contributed by atoms with E-state index in [-0.39, 0.29) is 0 Å². The van der Waals surface area contributed by atoms with Gasteiger partial charge in [-0.1, -0.05) is 15.9 Å². The second kappa shape index (κ2) is 6.39. The summed E-state index contributed by atoms with van der Waals surface area (Å²) < 4.78 is 30.0. The zero-order chi connectivity index (χ0) is 13.9. The van der Waals surface area contributed by atoms with Gasteiger partial charge in [-0.2, -0.15) is 4.31 Å². The fourth-order valence-corrected chi connectivity index (χ4v) is 4.40. The monoisotopic (exact) mass is 354 g/mol. The number of hydrogen-bond acceptors (Lipinski definition) is 4. The van der Waals surface area contributed by atoms with E-state index in [1.165, 1.54) is 6.26 Å². The van der Waals surface area contributed by atoms with Crippen molar-refractivity contribution in [1.29, 1.82) is 0 Å². The Balaban J connectivity index is 1.88. The van der Waals surface area contributed by atoms with Gasteiger partial charge in [0.05, 0.1) is 6.26 Å². The molecule has 0 spiro atoms. The Morgan fingerprint density at radius 2 is 1.74 bits per heavy atom. The number of rotatable bonds is 4. The molecule has 2 aliphatic heterocycles. The van der Waals surface area contributed by atoms with Crippen LogP contribution >= 0.6 is 15.9 Å². The molecular formula is C12H23BrN2O3S. The molecule has 19 heavy (non-hydrogen) atoms. The molecule has 0 saturated carbocycles. The summed E-state index contributed by atoms with van der Waals surface area (Å²) in [4.78, 5) is 2.40. The molecule has 0 amide bonds. The molecule has 0 aromatic carbocycles. The van der Waals surface area contributed by atoms with Crippen molar-refractivity contribution in [2.75, 3.05) is 57.5 Å². The lowest BCUT2D eigenvalue weighted by molar-refractivity contribution is 0.00362. The summed E-state index contributed by atoms with van der Waals surface area (Å²) in [6.45, 7) is 5.63. The van der Waals surface area contributed by atoms with E-state index in [4.69, 9.17) is 4.74 Å². The maximum absolute atomic E-state index is 11.5. The molecule has 0 bridgehead atoms. The fraction of sp³-hybridized carbons (Fsp3) is 1.00. The third-order valence-electron chi connectivity index (χ3n) is 4.20. The molecule has 0 radical (unpaired) electrons. The molecule has 0 atom stereocenters. The Hall–Kier alpha value is 0.310. The van der Waals surface area contributed by atoms with Crippen molar-refractivity contribution in [2.45, 2.75) is 12.8 Å². The second-order valence-corrected chi connectivity index (χ2v) is 8.23. The van der Waals surface area contributed by atoms with Crippen molar-refractivity contribution in [3.63, 3.8) is 0 Å². The molecular weight excluding hydrogens is 332 g/mol. The van der Waals surface area contributed by atoms with Crippen LogP contribution in [-0.2, 0) is 14.8 Å². The van der Waals surface area contributed by atoms with Gasteiger partial charge < -0.3 is 9.64 Å². The highest BCUT2D eigenvalue weighted by Crippen LogP contribution is 2.33. The number of sulfonamides is 1.